The van der Waals surface area contributed by atoms with E-state index in [1.807, 2.05) is 55.6 Å². The van der Waals surface area contributed by atoms with Crippen LogP contribution < -0.4 is 10.6 Å². The molecule has 0 unspecified atom stereocenters. The van der Waals surface area contributed by atoms with Crippen molar-refractivity contribution in [3.8, 4) is 0 Å². The first-order valence-corrected chi connectivity index (χ1v) is 7.35. The van der Waals surface area contributed by atoms with Gasteiger partial charge in [-0.25, -0.2) is 0 Å². The van der Waals surface area contributed by atoms with Gasteiger partial charge in [-0.05, 0) is 43.7 Å². The fraction of sp³-hybridized carbons (Fsp3) is 0.312. The average Bonchev–Trinajstić information content (AvgIpc) is 2.99. The van der Waals surface area contributed by atoms with Gasteiger partial charge in [0, 0.05) is 5.02 Å². The molecule has 112 valence electrons. The molecule has 0 aliphatic heterocycles. The minimum atomic E-state index is -0.0397. The van der Waals surface area contributed by atoms with E-state index >= 15 is 0 Å². The Morgan fingerprint density at radius 3 is 2.62 bits per heavy atom. The molecular weight excluding hydrogens is 288 g/mol. The molecule has 1 aromatic carbocycles. The molecule has 0 saturated heterocycles. The van der Waals surface area contributed by atoms with Gasteiger partial charge in [-0.15, -0.1) is 0 Å². The molecular formula is C16H20ClN2O2+. The summed E-state index contributed by atoms with van der Waals surface area (Å²) >= 11 is 5.85. The van der Waals surface area contributed by atoms with E-state index in [0.717, 1.165) is 11.3 Å². The van der Waals surface area contributed by atoms with Crippen LogP contribution in [0.4, 0.5) is 0 Å². The molecule has 0 aliphatic rings. The van der Waals surface area contributed by atoms with Crippen LogP contribution >= 0.6 is 11.6 Å². The second-order valence-corrected chi connectivity index (χ2v) is 5.52. The molecule has 1 heterocycles. The Hall–Kier alpha value is -1.78. The molecule has 1 amide bonds. The van der Waals surface area contributed by atoms with Gasteiger partial charge in [0.2, 0.25) is 0 Å². The van der Waals surface area contributed by atoms with Crippen molar-refractivity contribution in [2.75, 3.05) is 6.54 Å². The molecule has 0 aliphatic carbocycles. The molecule has 5 heteroatoms. The Morgan fingerprint density at radius 2 is 2.00 bits per heavy atom. The molecule has 2 atom stereocenters. The zero-order valence-electron chi connectivity index (χ0n) is 12.2. The minimum absolute atomic E-state index is 0.00384. The number of quaternary nitrogens is 1. The van der Waals surface area contributed by atoms with E-state index in [-0.39, 0.29) is 18.0 Å². The molecule has 4 nitrogen and oxygen atoms in total. The molecule has 0 saturated carbocycles. The lowest BCUT2D eigenvalue weighted by molar-refractivity contribution is -0.684. The zero-order chi connectivity index (χ0) is 15.2. The molecule has 0 radical (unpaired) electrons. The predicted octanol–water partition coefficient (Wildman–Crippen LogP) is 2.43. The summed E-state index contributed by atoms with van der Waals surface area (Å²) in [4.78, 5) is 12.0. The minimum Gasteiger partial charge on any atom is -0.463 e. The number of halogens is 1. The summed E-state index contributed by atoms with van der Waals surface area (Å²) in [6.45, 7) is 4.33. The van der Waals surface area contributed by atoms with Crippen molar-refractivity contribution in [2.24, 2.45) is 0 Å². The van der Waals surface area contributed by atoms with E-state index < -0.39 is 0 Å². The maximum atomic E-state index is 12.0. The topological polar surface area (TPSA) is 58.9 Å². The summed E-state index contributed by atoms with van der Waals surface area (Å²) in [7, 11) is 0. The summed E-state index contributed by atoms with van der Waals surface area (Å²) < 4.78 is 5.31. The standard InChI is InChI=1S/C16H19ClN2O2/c1-11(13-5-7-14(17)8-6-13)19-16(20)10-18-12(2)15-4-3-9-21-15/h3-9,11-12,18H,10H2,1-2H3,(H,19,20)/p+1/t11-,12+/m0/s1. The average molecular weight is 308 g/mol. The van der Waals surface area contributed by atoms with Gasteiger partial charge in [0.15, 0.2) is 12.3 Å². The maximum Gasteiger partial charge on any atom is 0.275 e. The first-order chi connectivity index (χ1) is 10.1. The van der Waals surface area contributed by atoms with Crippen LogP contribution in [0, 0.1) is 0 Å². The van der Waals surface area contributed by atoms with Gasteiger partial charge in [0.25, 0.3) is 5.91 Å². The Kier molecular flexibility index (Phi) is 5.42. The normalized spacial score (nSPS) is 13.7. The highest BCUT2D eigenvalue weighted by molar-refractivity contribution is 6.30. The van der Waals surface area contributed by atoms with Crippen LogP contribution in [0.1, 0.15) is 37.3 Å². The third-order valence-electron chi connectivity index (χ3n) is 3.40. The van der Waals surface area contributed by atoms with Gasteiger partial charge in [0.1, 0.15) is 6.04 Å². The van der Waals surface area contributed by atoms with Gasteiger partial charge in [0.05, 0.1) is 12.3 Å². The van der Waals surface area contributed by atoms with Gasteiger partial charge >= 0.3 is 0 Å². The Morgan fingerprint density at radius 1 is 1.29 bits per heavy atom. The molecule has 21 heavy (non-hydrogen) atoms. The number of carbonyl (C=O) groups excluding carboxylic acids is 1. The number of hydrogen-bond donors (Lipinski definition) is 2. The van der Waals surface area contributed by atoms with Crippen LogP contribution in [-0.4, -0.2) is 12.5 Å². The Labute approximate surface area is 129 Å². The van der Waals surface area contributed by atoms with Crippen molar-refractivity contribution >= 4 is 17.5 Å². The predicted molar refractivity (Wildman–Crippen MR) is 81.9 cm³/mol. The van der Waals surface area contributed by atoms with E-state index in [1.165, 1.54) is 0 Å². The molecule has 2 aromatic rings. The van der Waals surface area contributed by atoms with Crippen LogP contribution in [0.15, 0.2) is 47.1 Å². The zero-order valence-corrected chi connectivity index (χ0v) is 12.9. The summed E-state index contributed by atoms with van der Waals surface area (Å²) in [6.07, 6.45) is 1.64. The molecule has 1 aromatic heterocycles. The summed E-state index contributed by atoms with van der Waals surface area (Å²) in [5.74, 6) is 0.865. The summed E-state index contributed by atoms with van der Waals surface area (Å²) in [6, 6.07) is 11.3. The molecule has 0 bridgehead atoms. The van der Waals surface area contributed by atoms with Crippen LogP contribution in [0.2, 0.25) is 5.02 Å². The molecule has 0 spiro atoms. The first-order valence-electron chi connectivity index (χ1n) is 6.98. The number of carbonyl (C=O) groups is 1. The largest absolute Gasteiger partial charge is 0.463 e. The molecule has 2 rings (SSSR count). The lowest BCUT2D eigenvalue weighted by Crippen LogP contribution is -2.87. The number of furan rings is 1. The second kappa shape index (κ2) is 7.29. The van der Waals surface area contributed by atoms with E-state index in [2.05, 4.69) is 5.32 Å². The quantitative estimate of drug-likeness (QED) is 0.861. The van der Waals surface area contributed by atoms with Crippen molar-refractivity contribution in [3.63, 3.8) is 0 Å². The SMILES string of the molecule is C[C@H](NC(=O)C[NH2+][C@H](C)c1ccco1)c1ccc(Cl)cc1. The first kappa shape index (κ1) is 15.6. The fourth-order valence-corrected chi connectivity index (χ4v) is 2.21. The van der Waals surface area contributed by atoms with Crippen molar-refractivity contribution in [1.29, 1.82) is 0 Å². The second-order valence-electron chi connectivity index (χ2n) is 5.08. The Balaban J connectivity index is 1.80. The van der Waals surface area contributed by atoms with Gasteiger partial charge < -0.3 is 15.1 Å². The highest BCUT2D eigenvalue weighted by atomic mass is 35.5. The maximum absolute atomic E-state index is 12.0. The lowest BCUT2D eigenvalue weighted by Gasteiger charge is -2.14. The Bertz CT molecular complexity index is 566. The number of nitrogens with two attached hydrogens (primary N) is 1. The number of hydrogen-bond acceptors (Lipinski definition) is 2. The highest BCUT2D eigenvalue weighted by Crippen LogP contribution is 2.15. The van der Waals surface area contributed by atoms with E-state index in [9.17, 15) is 4.79 Å². The summed E-state index contributed by atoms with van der Waals surface area (Å²) in [5, 5.41) is 5.61. The fourth-order valence-electron chi connectivity index (χ4n) is 2.09. The number of amides is 1. The van der Waals surface area contributed by atoms with Gasteiger partial charge in [-0.3, -0.25) is 4.79 Å². The third-order valence-corrected chi connectivity index (χ3v) is 3.65. The van der Waals surface area contributed by atoms with E-state index in [1.54, 1.807) is 6.26 Å². The summed E-state index contributed by atoms with van der Waals surface area (Å²) in [5.41, 5.74) is 1.03. The molecule has 3 N–H and O–H groups in total. The number of nitrogens with one attached hydrogen (secondary N) is 1. The van der Waals surface area contributed by atoms with Crippen molar-refractivity contribution in [2.45, 2.75) is 25.9 Å². The van der Waals surface area contributed by atoms with E-state index in [0.29, 0.717) is 11.6 Å². The number of benzene rings is 1. The molecule has 0 fully saturated rings. The van der Waals surface area contributed by atoms with Crippen LogP contribution in [0.25, 0.3) is 0 Å². The lowest BCUT2D eigenvalue weighted by atomic mass is 10.1. The van der Waals surface area contributed by atoms with Crippen LogP contribution in [0.5, 0.6) is 0 Å². The monoisotopic (exact) mass is 307 g/mol. The van der Waals surface area contributed by atoms with E-state index in [4.69, 9.17) is 16.0 Å². The van der Waals surface area contributed by atoms with Crippen LogP contribution in [0.3, 0.4) is 0 Å². The number of rotatable bonds is 6. The van der Waals surface area contributed by atoms with Crippen LogP contribution in [-0.2, 0) is 4.79 Å². The highest BCUT2D eigenvalue weighted by Gasteiger charge is 2.15. The van der Waals surface area contributed by atoms with Crippen molar-refractivity contribution < 1.29 is 14.5 Å². The van der Waals surface area contributed by atoms with Gasteiger partial charge in [-0.1, -0.05) is 23.7 Å². The van der Waals surface area contributed by atoms with Crippen molar-refractivity contribution in [3.05, 3.63) is 59.0 Å². The van der Waals surface area contributed by atoms with Gasteiger partial charge in [-0.2, -0.15) is 0 Å². The van der Waals surface area contributed by atoms with Crippen molar-refractivity contribution in [1.82, 2.24) is 5.32 Å². The third kappa shape index (κ3) is 4.62. The smallest absolute Gasteiger partial charge is 0.275 e.